The predicted octanol–water partition coefficient (Wildman–Crippen LogP) is 0.356. The molecule has 17 heavy (non-hydrogen) atoms. The van der Waals surface area contributed by atoms with Crippen molar-refractivity contribution in [3.8, 4) is 0 Å². The highest BCUT2D eigenvalue weighted by Crippen LogP contribution is 2.04. The zero-order chi connectivity index (χ0) is 12.1. The van der Waals surface area contributed by atoms with E-state index in [0.29, 0.717) is 13.2 Å². The Kier molecular flexibility index (Phi) is 4.53. The SMILES string of the molecule is CC1CNCC(COCCc2nccn2C)O1. The fraction of sp³-hybridized carbons (Fsp3) is 0.750. The van der Waals surface area contributed by atoms with E-state index in [9.17, 15) is 0 Å². The molecular formula is C12H21N3O2. The first-order chi connectivity index (χ1) is 8.25. The van der Waals surface area contributed by atoms with Crippen LogP contribution in [0.3, 0.4) is 0 Å². The summed E-state index contributed by atoms with van der Waals surface area (Å²) in [5.41, 5.74) is 0. The van der Waals surface area contributed by atoms with Crippen LogP contribution in [0.2, 0.25) is 0 Å². The van der Waals surface area contributed by atoms with Gasteiger partial charge in [0.2, 0.25) is 0 Å². The van der Waals surface area contributed by atoms with E-state index in [2.05, 4.69) is 17.2 Å². The van der Waals surface area contributed by atoms with Gasteiger partial charge in [-0.15, -0.1) is 0 Å². The van der Waals surface area contributed by atoms with Crippen LogP contribution in [0.4, 0.5) is 0 Å². The molecule has 0 radical (unpaired) electrons. The van der Waals surface area contributed by atoms with Crippen molar-refractivity contribution < 1.29 is 9.47 Å². The summed E-state index contributed by atoms with van der Waals surface area (Å²) in [5, 5.41) is 3.33. The van der Waals surface area contributed by atoms with Crippen LogP contribution < -0.4 is 5.32 Å². The predicted molar refractivity (Wildman–Crippen MR) is 64.9 cm³/mol. The maximum absolute atomic E-state index is 5.74. The van der Waals surface area contributed by atoms with Crippen LogP contribution >= 0.6 is 0 Å². The number of hydrogen-bond donors (Lipinski definition) is 1. The standard InChI is InChI=1S/C12H21N3O2/c1-10-7-13-8-11(17-10)9-16-6-3-12-14-4-5-15(12)2/h4-5,10-11,13H,3,6-9H2,1-2H3. The van der Waals surface area contributed by atoms with Gasteiger partial charge >= 0.3 is 0 Å². The molecule has 5 heteroatoms. The molecule has 1 aromatic rings. The van der Waals surface area contributed by atoms with Crippen LogP contribution in [0.15, 0.2) is 12.4 Å². The van der Waals surface area contributed by atoms with Crippen LogP contribution in [-0.4, -0.2) is 48.1 Å². The third kappa shape index (κ3) is 3.80. The van der Waals surface area contributed by atoms with E-state index in [0.717, 1.165) is 25.3 Å². The summed E-state index contributed by atoms with van der Waals surface area (Å²) in [5.74, 6) is 1.06. The monoisotopic (exact) mass is 239 g/mol. The summed E-state index contributed by atoms with van der Waals surface area (Å²) in [7, 11) is 2.00. The topological polar surface area (TPSA) is 48.3 Å². The largest absolute Gasteiger partial charge is 0.378 e. The Morgan fingerprint density at radius 2 is 2.47 bits per heavy atom. The van der Waals surface area contributed by atoms with Gasteiger partial charge in [-0.05, 0) is 6.92 Å². The molecule has 1 fully saturated rings. The van der Waals surface area contributed by atoms with E-state index in [1.807, 2.05) is 24.0 Å². The van der Waals surface area contributed by atoms with Crippen LogP contribution in [-0.2, 0) is 22.9 Å². The average Bonchev–Trinajstić information content (AvgIpc) is 2.71. The minimum Gasteiger partial charge on any atom is -0.378 e. The Morgan fingerprint density at radius 1 is 1.59 bits per heavy atom. The molecule has 0 amide bonds. The normalized spacial score (nSPS) is 25.1. The van der Waals surface area contributed by atoms with Gasteiger partial charge in [-0.1, -0.05) is 0 Å². The van der Waals surface area contributed by atoms with Gasteiger partial charge in [0.05, 0.1) is 25.4 Å². The number of nitrogens with one attached hydrogen (secondary N) is 1. The lowest BCUT2D eigenvalue weighted by atomic mass is 10.2. The Labute approximate surface area is 102 Å². The molecule has 2 atom stereocenters. The maximum atomic E-state index is 5.74. The highest BCUT2D eigenvalue weighted by atomic mass is 16.5. The third-order valence-electron chi connectivity index (χ3n) is 2.92. The van der Waals surface area contributed by atoms with E-state index < -0.39 is 0 Å². The highest BCUT2D eigenvalue weighted by Gasteiger charge is 2.18. The summed E-state index contributed by atoms with van der Waals surface area (Å²) in [4.78, 5) is 4.25. The first-order valence-electron chi connectivity index (χ1n) is 6.16. The number of ether oxygens (including phenoxy) is 2. The van der Waals surface area contributed by atoms with E-state index in [4.69, 9.17) is 9.47 Å². The molecule has 96 valence electrons. The molecule has 1 aromatic heterocycles. The molecule has 2 rings (SSSR count). The van der Waals surface area contributed by atoms with Crippen molar-refractivity contribution in [3.05, 3.63) is 18.2 Å². The first kappa shape index (κ1) is 12.5. The summed E-state index contributed by atoms with van der Waals surface area (Å²) >= 11 is 0. The number of nitrogens with zero attached hydrogens (tertiary/aromatic N) is 2. The van der Waals surface area contributed by atoms with Gasteiger partial charge < -0.3 is 19.4 Å². The number of imidazole rings is 1. The summed E-state index contributed by atoms with van der Waals surface area (Å²) in [6, 6.07) is 0. The molecule has 0 bridgehead atoms. The van der Waals surface area contributed by atoms with Crippen molar-refractivity contribution in [1.29, 1.82) is 0 Å². The Bertz CT molecular complexity index is 340. The number of aryl methyl sites for hydroxylation is 1. The lowest BCUT2D eigenvalue weighted by Crippen LogP contribution is -2.45. The second kappa shape index (κ2) is 6.14. The summed E-state index contributed by atoms with van der Waals surface area (Å²) < 4.78 is 13.4. The molecule has 0 saturated carbocycles. The van der Waals surface area contributed by atoms with Crippen molar-refractivity contribution in [2.45, 2.75) is 25.6 Å². The fourth-order valence-electron chi connectivity index (χ4n) is 1.99. The Balaban J connectivity index is 1.61. The molecule has 2 heterocycles. The molecule has 1 aliphatic rings. The quantitative estimate of drug-likeness (QED) is 0.754. The number of morpholine rings is 1. The average molecular weight is 239 g/mol. The van der Waals surface area contributed by atoms with Gasteiger partial charge in [-0.2, -0.15) is 0 Å². The second-order valence-corrected chi connectivity index (χ2v) is 4.51. The molecule has 1 aliphatic heterocycles. The minimum atomic E-state index is 0.181. The number of aromatic nitrogens is 2. The smallest absolute Gasteiger partial charge is 0.110 e. The number of hydrogen-bond acceptors (Lipinski definition) is 4. The lowest BCUT2D eigenvalue weighted by Gasteiger charge is -2.28. The van der Waals surface area contributed by atoms with Gasteiger partial charge in [0.15, 0.2) is 0 Å². The van der Waals surface area contributed by atoms with Crippen LogP contribution in [0.1, 0.15) is 12.7 Å². The molecule has 0 aromatic carbocycles. The van der Waals surface area contributed by atoms with Gasteiger partial charge in [0.1, 0.15) is 5.82 Å². The van der Waals surface area contributed by atoms with Crippen LogP contribution in [0.5, 0.6) is 0 Å². The maximum Gasteiger partial charge on any atom is 0.110 e. The summed E-state index contributed by atoms with van der Waals surface area (Å²) in [6.07, 6.45) is 5.07. The first-order valence-corrected chi connectivity index (χ1v) is 6.16. The van der Waals surface area contributed by atoms with Gasteiger partial charge in [-0.3, -0.25) is 0 Å². The molecule has 5 nitrogen and oxygen atoms in total. The van der Waals surface area contributed by atoms with Crippen LogP contribution in [0.25, 0.3) is 0 Å². The minimum absolute atomic E-state index is 0.181. The van der Waals surface area contributed by atoms with Crippen molar-refractivity contribution in [2.75, 3.05) is 26.3 Å². The van der Waals surface area contributed by atoms with Crippen LogP contribution in [0, 0.1) is 0 Å². The van der Waals surface area contributed by atoms with Gasteiger partial charge in [0, 0.05) is 39.0 Å². The Morgan fingerprint density at radius 3 is 3.18 bits per heavy atom. The van der Waals surface area contributed by atoms with Crippen molar-refractivity contribution in [3.63, 3.8) is 0 Å². The van der Waals surface area contributed by atoms with Crippen molar-refractivity contribution in [1.82, 2.24) is 14.9 Å². The molecular weight excluding hydrogens is 218 g/mol. The summed E-state index contributed by atoms with van der Waals surface area (Å²) in [6.45, 7) is 5.24. The van der Waals surface area contributed by atoms with Crippen molar-refractivity contribution >= 4 is 0 Å². The molecule has 0 aliphatic carbocycles. The molecule has 1 N–H and O–H groups in total. The van der Waals surface area contributed by atoms with E-state index >= 15 is 0 Å². The lowest BCUT2D eigenvalue weighted by molar-refractivity contribution is -0.0682. The second-order valence-electron chi connectivity index (χ2n) is 4.51. The zero-order valence-electron chi connectivity index (χ0n) is 10.6. The van der Waals surface area contributed by atoms with Gasteiger partial charge in [-0.25, -0.2) is 4.98 Å². The third-order valence-corrected chi connectivity index (χ3v) is 2.92. The van der Waals surface area contributed by atoms with Gasteiger partial charge in [0.25, 0.3) is 0 Å². The molecule has 2 unspecified atom stereocenters. The number of rotatable bonds is 5. The highest BCUT2D eigenvalue weighted by molar-refractivity contribution is 4.90. The van der Waals surface area contributed by atoms with E-state index in [-0.39, 0.29) is 12.2 Å². The zero-order valence-corrected chi connectivity index (χ0v) is 10.6. The molecule has 0 spiro atoms. The molecule has 1 saturated heterocycles. The van der Waals surface area contributed by atoms with E-state index in [1.54, 1.807) is 0 Å². The van der Waals surface area contributed by atoms with Crippen molar-refractivity contribution in [2.24, 2.45) is 7.05 Å². The Hall–Kier alpha value is -0.910. The fourth-order valence-corrected chi connectivity index (χ4v) is 1.99. The van der Waals surface area contributed by atoms with E-state index in [1.165, 1.54) is 0 Å².